The van der Waals surface area contributed by atoms with Gasteiger partial charge < -0.3 is 15.3 Å². The van der Waals surface area contributed by atoms with E-state index in [-0.39, 0.29) is 23.3 Å². The largest absolute Gasteiger partial charge is 0.478 e. The molecule has 0 saturated heterocycles. The van der Waals surface area contributed by atoms with Crippen molar-refractivity contribution in [1.29, 1.82) is 0 Å². The number of amides is 1. The van der Waals surface area contributed by atoms with Crippen molar-refractivity contribution in [3.05, 3.63) is 125 Å². The van der Waals surface area contributed by atoms with Gasteiger partial charge in [0.2, 0.25) is 0 Å². The van der Waals surface area contributed by atoms with Crippen LogP contribution in [0.4, 0.5) is 10.1 Å². The Balaban J connectivity index is 1.29. The van der Waals surface area contributed by atoms with E-state index >= 15 is 0 Å². The van der Waals surface area contributed by atoms with E-state index in [2.05, 4.69) is 10.2 Å². The maximum Gasteiger partial charge on any atom is 0.336 e. The van der Waals surface area contributed by atoms with Crippen LogP contribution in [0.15, 0.2) is 91.0 Å². The maximum atomic E-state index is 13.6. The minimum atomic E-state index is -0.939. The number of anilines is 1. The molecule has 1 aliphatic heterocycles. The van der Waals surface area contributed by atoms with Gasteiger partial charge in [-0.15, -0.1) is 0 Å². The Morgan fingerprint density at radius 3 is 2.53 bits per heavy atom. The highest BCUT2D eigenvalue weighted by atomic mass is 19.1. The smallest absolute Gasteiger partial charge is 0.336 e. The first-order valence-corrected chi connectivity index (χ1v) is 12.7. The Morgan fingerprint density at radius 1 is 0.974 bits per heavy atom. The second kappa shape index (κ2) is 10.9. The molecule has 5 nitrogen and oxygen atoms in total. The Kier molecular flexibility index (Phi) is 7.22. The highest BCUT2D eigenvalue weighted by molar-refractivity contribution is 5.96. The van der Waals surface area contributed by atoms with Gasteiger partial charge in [-0.1, -0.05) is 54.6 Å². The van der Waals surface area contributed by atoms with Gasteiger partial charge in [0.15, 0.2) is 0 Å². The van der Waals surface area contributed by atoms with Gasteiger partial charge in [-0.25, -0.2) is 9.18 Å². The van der Waals surface area contributed by atoms with Crippen molar-refractivity contribution in [2.75, 3.05) is 11.4 Å². The van der Waals surface area contributed by atoms with E-state index in [9.17, 15) is 19.1 Å². The summed E-state index contributed by atoms with van der Waals surface area (Å²) in [5, 5.41) is 12.5. The van der Waals surface area contributed by atoms with Crippen LogP contribution in [0, 0.1) is 5.82 Å². The molecule has 1 amide bonds. The summed E-state index contributed by atoms with van der Waals surface area (Å²) in [6.07, 6.45) is 1.89. The number of carbonyl (C=O) groups is 2. The van der Waals surface area contributed by atoms with Crippen molar-refractivity contribution in [3.8, 4) is 11.1 Å². The average molecular weight is 509 g/mol. The Bertz CT molecular complexity index is 1480. The number of hydrogen-bond acceptors (Lipinski definition) is 3. The Morgan fingerprint density at radius 2 is 1.76 bits per heavy atom. The van der Waals surface area contributed by atoms with E-state index < -0.39 is 5.97 Å². The molecule has 1 atom stereocenters. The lowest BCUT2D eigenvalue weighted by Gasteiger charge is -2.32. The van der Waals surface area contributed by atoms with E-state index in [0.717, 1.165) is 53.9 Å². The van der Waals surface area contributed by atoms with Crippen LogP contribution >= 0.6 is 0 Å². The predicted molar refractivity (Wildman–Crippen MR) is 147 cm³/mol. The van der Waals surface area contributed by atoms with Gasteiger partial charge in [0, 0.05) is 24.3 Å². The number of carboxylic acids is 1. The van der Waals surface area contributed by atoms with Gasteiger partial charge in [0.05, 0.1) is 11.6 Å². The van der Waals surface area contributed by atoms with Crippen molar-refractivity contribution in [2.45, 2.75) is 32.4 Å². The summed E-state index contributed by atoms with van der Waals surface area (Å²) < 4.78 is 13.6. The van der Waals surface area contributed by atoms with Crippen molar-refractivity contribution >= 4 is 17.6 Å². The molecule has 0 bridgehead atoms. The minimum Gasteiger partial charge on any atom is -0.478 e. The molecular weight excluding hydrogens is 479 g/mol. The molecule has 38 heavy (non-hydrogen) atoms. The SMILES string of the molecule is CC(NC(=O)c1ccc2c(c1)CCCN2Cc1ccc(-c2ccccc2C(=O)O)cc1)c1cccc(F)c1. The van der Waals surface area contributed by atoms with Gasteiger partial charge in [-0.2, -0.15) is 0 Å². The summed E-state index contributed by atoms with van der Waals surface area (Å²) in [4.78, 5) is 26.8. The minimum absolute atomic E-state index is 0.182. The molecule has 0 spiro atoms. The number of benzene rings is 4. The number of nitrogens with one attached hydrogen (secondary N) is 1. The van der Waals surface area contributed by atoms with E-state index in [4.69, 9.17) is 0 Å². The molecule has 2 N–H and O–H groups in total. The number of carbonyl (C=O) groups excluding carboxylic acids is 1. The monoisotopic (exact) mass is 508 g/mol. The fourth-order valence-corrected chi connectivity index (χ4v) is 5.05. The summed E-state index contributed by atoms with van der Waals surface area (Å²) in [5.41, 5.74) is 6.55. The van der Waals surface area contributed by atoms with E-state index in [0.29, 0.717) is 11.1 Å². The molecule has 1 aliphatic rings. The molecule has 192 valence electrons. The van der Waals surface area contributed by atoms with Crippen molar-refractivity contribution < 1.29 is 19.1 Å². The number of hydrogen-bond donors (Lipinski definition) is 2. The van der Waals surface area contributed by atoms with Gasteiger partial charge in [-0.05, 0) is 84.0 Å². The molecule has 5 rings (SSSR count). The van der Waals surface area contributed by atoms with Gasteiger partial charge in [0.25, 0.3) is 5.91 Å². The van der Waals surface area contributed by atoms with Crippen molar-refractivity contribution in [3.63, 3.8) is 0 Å². The summed E-state index contributed by atoms with van der Waals surface area (Å²) in [5.74, 6) is -1.44. The lowest BCUT2D eigenvalue weighted by atomic mass is 9.97. The summed E-state index contributed by atoms with van der Waals surface area (Å²) in [7, 11) is 0. The number of carboxylic acid groups (broad SMARTS) is 1. The lowest BCUT2D eigenvalue weighted by Crippen LogP contribution is -2.30. The zero-order chi connectivity index (χ0) is 26.6. The maximum absolute atomic E-state index is 13.6. The van der Waals surface area contributed by atoms with Crippen LogP contribution in [0.25, 0.3) is 11.1 Å². The predicted octanol–water partition coefficient (Wildman–Crippen LogP) is 6.63. The van der Waals surface area contributed by atoms with Crippen LogP contribution in [0.5, 0.6) is 0 Å². The summed E-state index contributed by atoms with van der Waals surface area (Å²) in [6.45, 7) is 3.48. The van der Waals surface area contributed by atoms with Crippen LogP contribution in [0.1, 0.15) is 56.8 Å². The zero-order valence-corrected chi connectivity index (χ0v) is 21.2. The Labute approximate surface area is 221 Å². The molecule has 4 aromatic rings. The molecule has 0 aromatic heterocycles. The summed E-state index contributed by atoms with van der Waals surface area (Å²) >= 11 is 0. The fraction of sp³-hybridized carbons (Fsp3) is 0.188. The first kappa shape index (κ1) is 25.2. The van der Waals surface area contributed by atoms with Gasteiger partial charge in [0.1, 0.15) is 5.82 Å². The number of rotatable bonds is 7. The molecule has 0 fully saturated rings. The van der Waals surface area contributed by atoms with Gasteiger partial charge >= 0.3 is 5.97 Å². The number of aryl methyl sites for hydroxylation is 1. The molecule has 6 heteroatoms. The third-order valence-corrected chi connectivity index (χ3v) is 7.05. The average Bonchev–Trinajstić information content (AvgIpc) is 2.93. The number of fused-ring (bicyclic) bond motifs is 1. The summed E-state index contributed by atoms with van der Waals surface area (Å²) in [6, 6.07) is 26.8. The van der Waals surface area contributed by atoms with Crippen molar-refractivity contribution in [2.24, 2.45) is 0 Å². The molecular formula is C32H29FN2O3. The molecule has 0 aliphatic carbocycles. The van der Waals surface area contributed by atoms with Crippen LogP contribution in [-0.2, 0) is 13.0 Å². The molecule has 1 unspecified atom stereocenters. The first-order valence-electron chi connectivity index (χ1n) is 12.7. The number of nitrogens with zero attached hydrogens (tertiary/aromatic N) is 1. The molecule has 1 heterocycles. The molecule has 0 radical (unpaired) electrons. The number of aromatic carboxylic acids is 1. The number of halogens is 1. The third-order valence-electron chi connectivity index (χ3n) is 7.05. The van der Waals surface area contributed by atoms with Crippen molar-refractivity contribution in [1.82, 2.24) is 5.32 Å². The standard InChI is InChI=1S/C32H29FN2O3/c1-21(24-6-4-8-27(33)19-24)34-31(36)26-15-16-30-25(18-26)7-5-17-35(30)20-22-11-13-23(14-12-22)28-9-2-3-10-29(28)32(37)38/h2-4,6,8-16,18-19,21H,5,7,17,20H2,1H3,(H,34,36)(H,37,38). The highest BCUT2D eigenvalue weighted by Crippen LogP contribution is 2.31. The quantitative estimate of drug-likeness (QED) is 0.294. The fourth-order valence-electron chi connectivity index (χ4n) is 5.05. The van der Waals surface area contributed by atoms with Crippen LogP contribution < -0.4 is 10.2 Å². The van der Waals surface area contributed by atoms with Crippen LogP contribution in [-0.4, -0.2) is 23.5 Å². The molecule has 0 saturated carbocycles. The molecule has 4 aromatic carbocycles. The van der Waals surface area contributed by atoms with E-state index in [1.165, 1.54) is 12.1 Å². The van der Waals surface area contributed by atoms with Gasteiger partial charge in [-0.3, -0.25) is 4.79 Å². The van der Waals surface area contributed by atoms with E-state index in [1.807, 2.05) is 61.5 Å². The van der Waals surface area contributed by atoms with Crippen LogP contribution in [0.3, 0.4) is 0 Å². The Hall–Kier alpha value is -4.45. The third kappa shape index (κ3) is 5.44. The second-order valence-corrected chi connectivity index (χ2v) is 9.67. The highest BCUT2D eigenvalue weighted by Gasteiger charge is 2.20. The lowest BCUT2D eigenvalue weighted by molar-refractivity contribution is 0.0697. The van der Waals surface area contributed by atoms with Crippen LogP contribution in [0.2, 0.25) is 0 Å². The topological polar surface area (TPSA) is 69.6 Å². The normalized spacial score (nSPS) is 13.5. The van der Waals surface area contributed by atoms with E-state index in [1.54, 1.807) is 24.3 Å². The zero-order valence-electron chi connectivity index (χ0n) is 21.2. The first-order chi connectivity index (χ1) is 18.4. The second-order valence-electron chi connectivity index (χ2n) is 9.67.